The lowest BCUT2D eigenvalue weighted by molar-refractivity contribution is -0.385. The van der Waals surface area contributed by atoms with E-state index in [4.69, 9.17) is 0 Å². The highest BCUT2D eigenvalue weighted by Gasteiger charge is 2.20. The number of hydrogen-bond donors (Lipinski definition) is 1. The Kier molecular flexibility index (Phi) is 4.36. The topological polar surface area (TPSA) is 85.1 Å². The fraction of sp³-hybridized carbons (Fsp3) is 0.167. The predicted octanol–water partition coefficient (Wildman–Crippen LogP) is 2.16. The molecule has 0 radical (unpaired) electrons. The maximum Gasteiger partial charge on any atom is 0.282 e. The fourth-order valence-electron chi connectivity index (χ4n) is 1.61. The Morgan fingerprint density at radius 1 is 1.50 bits per heavy atom. The van der Waals surface area contributed by atoms with E-state index in [0.29, 0.717) is 6.42 Å². The van der Waals surface area contributed by atoms with Crippen LogP contribution in [0.4, 0.5) is 10.1 Å². The Bertz CT molecular complexity index is 631. The Morgan fingerprint density at radius 2 is 2.30 bits per heavy atom. The Labute approximate surface area is 117 Å². The van der Waals surface area contributed by atoms with Crippen LogP contribution in [0.15, 0.2) is 29.1 Å². The molecule has 0 bridgehead atoms. The normalized spacial score (nSPS) is 10.2. The minimum absolute atomic E-state index is 0.274. The summed E-state index contributed by atoms with van der Waals surface area (Å²) in [5, 5.41) is 15.2. The summed E-state index contributed by atoms with van der Waals surface area (Å²) >= 11 is 1.44. The van der Waals surface area contributed by atoms with Crippen molar-refractivity contribution >= 4 is 22.9 Å². The molecule has 0 unspecified atom stereocenters. The average molecular weight is 295 g/mol. The first kappa shape index (κ1) is 14.1. The van der Waals surface area contributed by atoms with Gasteiger partial charge in [-0.05, 0) is 12.1 Å². The van der Waals surface area contributed by atoms with E-state index in [0.717, 1.165) is 23.9 Å². The number of benzene rings is 1. The Morgan fingerprint density at radius 3 is 2.95 bits per heavy atom. The van der Waals surface area contributed by atoms with Gasteiger partial charge < -0.3 is 5.32 Å². The van der Waals surface area contributed by atoms with Crippen molar-refractivity contribution in [1.82, 2.24) is 10.3 Å². The standard InChI is InChI=1S/C12H10FN3O3S/c13-8-1-2-11(16(18)19)10(5-8)12(17)14-4-3-9-6-20-7-15-9/h1-2,5-7H,3-4H2,(H,14,17). The van der Waals surface area contributed by atoms with E-state index in [9.17, 15) is 19.3 Å². The van der Waals surface area contributed by atoms with E-state index in [2.05, 4.69) is 10.3 Å². The molecule has 1 N–H and O–H groups in total. The van der Waals surface area contributed by atoms with E-state index in [1.165, 1.54) is 11.3 Å². The molecule has 1 aromatic carbocycles. The van der Waals surface area contributed by atoms with E-state index < -0.39 is 22.3 Å². The summed E-state index contributed by atoms with van der Waals surface area (Å²) in [5.41, 5.74) is 1.80. The Hall–Kier alpha value is -2.35. The van der Waals surface area contributed by atoms with Crippen LogP contribution in [0.2, 0.25) is 0 Å². The number of amides is 1. The van der Waals surface area contributed by atoms with Gasteiger partial charge in [0.15, 0.2) is 0 Å². The first-order valence-corrected chi connectivity index (χ1v) is 6.61. The van der Waals surface area contributed by atoms with Crippen LogP contribution in [0.3, 0.4) is 0 Å². The van der Waals surface area contributed by atoms with Crippen molar-refractivity contribution in [2.75, 3.05) is 6.54 Å². The number of nitrogens with zero attached hydrogens (tertiary/aromatic N) is 2. The zero-order valence-electron chi connectivity index (χ0n) is 10.2. The molecule has 1 heterocycles. The van der Waals surface area contributed by atoms with Crippen LogP contribution in [0.1, 0.15) is 16.1 Å². The maximum absolute atomic E-state index is 13.1. The molecule has 0 atom stereocenters. The third kappa shape index (κ3) is 3.35. The van der Waals surface area contributed by atoms with E-state index in [1.807, 2.05) is 5.38 Å². The number of nitrogens with one attached hydrogen (secondary N) is 1. The van der Waals surface area contributed by atoms with Gasteiger partial charge in [0.05, 0.1) is 16.1 Å². The monoisotopic (exact) mass is 295 g/mol. The quantitative estimate of drug-likeness (QED) is 0.676. The molecule has 0 fully saturated rings. The summed E-state index contributed by atoms with van der Waals surface area (Å²) < 4.78 is 13.1. The number of rotatable bonds is 5. The van der Waals surface area contributed by atoms with Crippen molar-refractivity contribution in [3.63, 3.8) is 0 Å². The Balaban J connectivity index is 2.05. The first-order chi connectivity index (χ1) is 9.58. The summed E-state index contributed by atoms with van der Waals surface area (Å²) in [5.74, 6) is -1.37. The van der Waals surface area contributed by atoms with Gasteiger partial charge in [-0.1, -0.05) is 0 Å². The molecule has 0 aliphatic heterocycles. The van der Waals surface area contributed by atoms with Gasteiger partial charge >= 0.3 is 0 Å². The second-order valence-electron chi connectivity index (χ2n) is 3.90. The second kappa shape index (κ2) is 6.20. The number of aromatic nitrogens is 1. The van der Waals surface area contributed by atoms with Gasteiger partial charge in [-0.25, -0.2) is 9.37 Å². The molecule has 0 saturated carbocycles. The second-order valence-corrected chi connectivity index (χ2v) is 4.62. The smallest absolute Gasteiger partial charge is 0.282 e. The van der Waals surface area contributed by atoms with Gasteiger partial charge in [0.25, 0.3) is 11.6 Å². The molecule has 2 rings (SSSR count). The number of halogens is 1. The lowest BCUT2D eigenvalue weighted by Gasteiger charge is -2.05. The van der Waals surface area contributed by atoms with Gasteiger partial charge in [-0.3, -0.25) is 14.9 Å². The van der Waals surface area contributed by atoms with Crippen molar-refractivity contribution in [3.8, 4) is 0 Å². The molecule has 0 spiro atoms. The van der Waals surface area contributed by atoms with Gasteiger partial charge in [0.1, 0.15) is 11.4 Å². The number of nitro benzene ring substituents is 1. The number of hydrogen-bond acceptors (Lipinski definition) is 5. The number of thiazole rings is 1. The molecule has 0 saturated heterocycles. The summed E-state index contributed by atoms with van der Waals surface area (Å²) in [4.78, 5) is 26.0. The largest absolute Gasteiger partial charge is 0.351 e. The molecule has 20 heavy (non-hydrogen) atoms. The molecule has 104 valence electrons. The van der Waals surface area contributed by atoms with Crippen molar-refractivity contribution < 1.29 is 14.1 Å². The summed E-state index contributed by atoms with van der Waals surface area (Å²) in [7, 11) is 0. The van der Waals surface area contributed by atoms with Crippen LogP contribution in [-0.2, 0) is 6.42 Å². The average Bonchev–Trinajstić information content (AvgIpc) is 2.91. The maximum atomic E-state index is 13.1. The van der Waals surface area contributed by atoms with Crippen molar-refractivity contribution in [3.05, 3.63) is 56.3 Å². The summed E-state index contributed by atoms with van der Waals surface area (Å²) in [6, 6.07) is 2.78. The molecule has 0 aliphatic rings. The predicted molar refractivity (Wildman–Crippen MR) is 71.2 cm³/mol. The van der Waals surface area contributed by atoms with Gasteiger partial charge in [0.2, 0.25) is 0 Å². The third-order valence-corrected chi connectivity index (χ3v) is 3.19. The zero-order valence-corrected chi connectivity index (χ0v) is 11.0. The minimum atomic E-state index is -0.714. The van der Waals surface area contributed by atoms with Crippen LogP contribution < -0.4 is 5.32 Å². The summed E-state index contributed by atoms with van der Waals surface area (Å²) in [6.45, 7) is 0.274. The molecule has 1 aromatic heterocycles. The number of carbonyl (C=O) groups is 1. The third-order valence-electron chi connectivity index (χ3n) is 2.55. The van der Waals surface area contributed by atoms with Gasteiger partial charge in [-0.15, -0.1) is 11.3 Å². The summed E-state index contributed by atoms with van der Waals surface area (Å²) in [6.07, 6.45) is 0.512. The van der Waals surface area contributed by atoms with E-state index in [-0.39, 0.29) is 12.1 Å². The molecule has 2 aromatic rings. The van der Waals surface area contributed by atoms with Gasteiger partial charge in [0, 0.05) is 24.4 Å². The fourth-order valence-corrected chi connectivity index (χ4v) is 2.20. The van der Waals surface area contributed by atoms with Crippen LogP contribution in [0.5, 0.6) is 0 Å². The number of carbonyl (C=O) groups excluding carboxylic acids is 1. The molecular weight excluding hydrogens is 285 g/mol. The SMILES string of the molecule is O=C(NCCc1cscn1)c1cc(F)ccc1[N+](=O)[O-]. The highest BCUT2D eigenvalue weighted by molar-refractivity contribution is 7.07. The lowest BCUT2D eigenvalue weighted by atomic mass is 10.1. The van der Waals surface area contributed by atoms with Crippen molar-refractivity contribution in [1.29, 1.82) is 0 Å². The van der Waals surface area contributed by atoms with E-state index in [1.54, 1.807) is 5.51 Å². The molecular formula is C12H10FN3O3S. The van der Waals surface area contributed by atoms with Crippen LogP contribution in [0, 0.1) is 15.9 Å². The van der Waals surface area contributed by atoms with Crippen LogP contribution in [0.25, 0.3) is 0 Å². The van der Waals surface area contributed by atoms with Crippen LogP contribution >= 0.6 is 11.3 Å². The molecule has 8 heteroatoms. The van der Waals surface area contributed by atoms with Gasteiger partial charge in [-0.2, -0.15) is 0 Å². The first-order valence-electron chi connectivity index (χ1n) is 5.67. The molecule has 6 nitrogen and oxygen atoms in total. The van der Waals surface area contributed by atoms with Crippen molar-refractivity contribution in [2.24, 2.45) is 0 Å². The van der Waals surface area contributed by atoms with Crippen LogP contribution in [-0.4, -0.2) is 22.4 Å². The lowest BCUT2D eigenvalue weighted by Crippen LogP contribution is -2.26. The minimum Gasteiger partial charge on any atom is -0.351 e. The van der Waals surface area contributed by atoms with E-state index >= 15 is 0 Å². The van der Waals surface area contributed by atoms with Crippen molar-refractivity contribution in [2.45, 2.75) is 6.42 Å². The highest BCUT2D eigenvalue weighted by Crippen LogP contribution is 2.19. The molecule has 1 amide bonds. The molecule has 0 aliphatic carbocycles. The zero-order chi connectivity index (χ0) is 14.5. The number of nitro groups is 1. The highest BCUT2D eigenvalue weighted by atomic mass is 32.1.